The van der Waals surface area contributed by atoms with Crippen molar-refractivity contribution in [3.05, 3.63) is 34.9 Å². The Kier molecular flexibility index (Phi) is 6.30. The molecule has 3 nitrogen and oxygen atoms in total. The summed E-state index contributed by atoms with van der Waals surface area (Å²) < 4.78 is 6.02. The Morgan fingerprint density at radius 1 is 1.40 bits per heavy atom. The second kappa shape index (κ2) is 7.99. The number of nitrogens with one attached hydrogen (secondary N) is 1. The predicted molar refractivity (Wildman–Crippen MR) is 84.3 cm³/mol. The Morgan fingerprint density at radius 3 is 2.90 bits per heavy atom. The lowest BCUT2D eigenvalue weighted by Gasteiger charge is -2.37. The van der Waals surface area contributed by atoms with Gasteiger partial charge in [-0.1, -0.05) is 43.6 Å². The van der Waals surface area contributed by atoms with Crippen LogP contribution < -0.4 is 5.32 Å². The van der Waals surface area contributed by atoms with E-state index in [0.29, 0.717) is 0 Å². The van der Waals surface area contributed by atoms with Gasteiger partial charge < -0.3 is 10.1 Å². The topological polar surface area (TPSA) is 24.5 Å². The van der Waals surface area contributed by atoms with Crippen LogP contribution in [0, 0.1) is 0 Å². The highest BCUT2D eigenvalue weighted by Crippen LogP contribution is 2.28. The molecule has 0 amide bonds. The molecular weight excluding hydrogens is 272 g/mol. The van der Waals surface area contributed by atoms with Crippen molar-refractivity contribution in [2.24, 2.45) is 0 Å². The second-order valence-electron chi connectivity index (χ2n) is 5.26. The van der Waals surface area contributed by atoms with Gasteiger partial charge in [0.25, 0.3) is 0 Å². The first-order chi connectivity index (χ1) is 9.76. The largest absolute Gasteiger partial charge is 0.374 e. The van der Waals surface area contributed by atoms with Crippen LogP contribution in [0.4, 0.5) is 0 Å². The third-order valence-electron chi connectivity index (χ3n) is 3.85. The van der Waals surface area contributed by atoms with Gasteiger partial charge in [-0.3, -0.25) is 4.90 Å². The van der Waals surface area contributed by atoms with Crippen molar-refractivity contribution in [2.75, 3.05) is 32.8 Å². The molecule has 1 aromatic carbocycles. The number of hydrogen-bond acceptors (Lipinski definition) is 3. The van der Waals surface area contributed by atoms with E-state index >= 15 is 0 Å². The molecule has 1 aliphatic rings. The monoisotopic (exact) mass is 296 g/mol. The van der Waals surface area contributed by atoms with Gasteiger partial charge in [-0.15, -0.1) is 0 Å². The summed E-state index contributed by atoms with van der Waals surface area (Å²) in [5.74, 6) is 0. The zero-order valence-corrected chi connectivity index (χ0v) is 13.2. The lowest BCUT2D eigenvalue weighted by molar-refractivity contribution is -0.0455. The molecule has 0 aliphatic carbocycles. The van der Waals surface area contributed by atoms with Crippen molar-refractivity contribution in [1.82, 2.24) is 10.2 Å². The van der Waals surface area contributed by atoms with Crippen molar-refractivity contribution >= 4 is 11.6 Å². The molecule has 0 saturated carbocycles. The first-order valence-electron chi connectivity index (χ1n) is 7.58. The van der Waals surface area contributed by atoms with E-state index in [2.05, 4.69) is 30.1 Å². The van der Waals surface area contributed by atoms with E-state index in [9.17, 15) is 0 Å². The van der Waals surface area contributed by atoms with Gasteiger partial charge >= 0.3 is 0 Å². The molecule has 0 spiro atoms. The third kappa shape index (κ3) is 3.95. The lowest BCUT2D eigenvalue weighted by Crippen LogP contribution is -2.48. The minimum atomic E-state index is 0.162. The number of halogens is 1. The van der Waals surface area contributed by atoms with Gasteiger partial charge in [0.15, 0.2) is 0 Å². The number of ether oxygens (including phenoxy) is 1. The molecular formula is C16H25ClN2O. The number of rotatable bonds is 6. The fourth-order valence-corrected chi connectivity index (χ4v) is 2.94. The molecule has 1 fully saturated rings. The van der Waals surface area contributed by atoms with E-state index in [1.807, 2.05) is 18.2 Å². The van der Waals surface area contributed by atoms with Crippen LogP contribution in [-0.4, -0.2) is 43.8 Å². The van der Waals surface area contributed by atoms with E-state index in [4.69, 9.17) is 16.3 Å². The Labute approximate surface area is 127 Å². The lowest BCUT2D eigenvalue weighted by atomic mass is 9.99. The molecule has 1 aliphatic heterocycles. The fourth-order valence-electron chi connectivity index (χ4n) is 2.69. The highest BCUT2D eigenvalue weighted by Gasteiger charge is 2.29. The smallest absolute Gasteiger partial charge is 0.0897 e. The van der Waals surface area contributed by atoms with Crippen LogP contribution >= 0.6 is 11.6 Å². The number of morpholine rings is 1. The van der Waals surface area contributed by atoms with Gasteiger partial charge in [0, 0.05) is 18.1 Å². The summed E-state index contributed by atoms with van der Waals surface area (Å²) in [6.07, 6.45) is 1.26. The number of benzene rings is 1. The Balaban J connectivity index is 2.16. The summed E-state index contributed by atoms with van der Waals surface area (Å²) >= 11 is 6.38. The van der Waals surface area contributed by atoms with Crippen LogP contribution in [0.15, 0.2) is 24.3 Å². The van der Waals surface area contributed by atoms with E-state index in [1.54, 1.807) is 0 Å². The molecule has 1 aromatic rings. The van der Waals surface area contributed by atoms with Gasteiger partial charge in [-0.25, -0.2) is 0 Å². The van der Waals surface area contributed by atoms with Crippen molar-refractivity contribution in [3.63, 3.8) is 0 Å². The van der Waals surface area contributed by atoms with Crippen LogP contribution in [0.25, 0.3) is 0 Å². The zero-order chi connectivity index (χ0) is 14.4. The average molecular weight is 297 g/mol. The normalized spacial score (nSPS) is 21.9. The quantitative estimate of drug-likeness (QED) is 0.873. The van der Waals surface area contributed by atoms with E-state index in [-0.39, 0.29) is 12.1 Å². The minimum absolute atomic E-state index is 0.162. The molecule has 112 valence electrons. The first kappa shape index (κ1) is 15.8. The summed E-state index contributed by atoms with van der Waals surface area (Å²) in [6.45, 7) is 9.21. The maximum absolute atomic E-state index is 6.38. The van der Waals surface area contributed by atoms with Crippen molar-refractivity contribution in [1.29, 1.82) is 0 Å². The van der Waals surface area contributed by atoms with Crippen LogP contribution in [0.1, 0.15) is 31.9 Å². The summed E-state index contributed by atoms with van der Waals surface area (Å²) in [4.78, 5) is 2.44. The second-order valence-corrected chi connectivity index (χ2v) is 5.66. The molecule has 2 unspecified atom stereocenters. The molecule has 1 heterocycles. The fraction of sp³-hybridized carbons (Fsp3) is 0.625. The summed E-state index contributed by atoms with van der Waals surface area (Å²) in [6, 6.07) is 8.24. The Hall–Kier alpha value is -0.610. The van der Waals surface area contributed by atoms with Crippen molar-refractivity contribution in [3.8, 4) is 0 Å². The van der Waals surface area contributed by atoms with Crippen molar-refractivity contribution in [2.45, 2.75) is 32.4 Å². The standard InChI is InChI=1S/C16H25ClN2O/c1-3-9-18-16(13-7-5-6-8-14(13)17)15-12-19(4-2)10-11-20-15/h5-8,15-16,18H,3-4,9-12H2,1-2H3. The molecule has 2 rings (SSSR count). The van der Waals surface area contributed by atoms with E-state index < -0.39 is 0 Å². The summed E-state index contributed by atoms with van der Waals surface area (Å²) in [5, 5.41) is 4.42. The highest BCUT2D eigenvalue weighted by molar-refractivity contribution is 6.31. The van der Waals surface area contributed by atoms with Crippen LogP contribution in [-0.2, 0) is 4.74 Å². The van der Waals surface area contributed by atoms with Crippen molar-refractivity contribution < 1.29 is 4.74 Å². The highest BCUT2D eigenvalue weighted by atomic mass is 35.5. The SMILES string of the molecule is CCCNC(c1ccccc1Cl)C1CN(CC)CCO1. The zero-order valence-electron chi connectivity index (χ0n) is 12.4. The van der Waals surface area contributed by atoms with Crippen LogP contribution in [0.3, 0.4) is 0 Å². The molecule has 4 heteroatoms. The molecule has 20 heavy (non-hydrogen) atoms. The molecule has 0 aromatic heterocycles. The third-order valence-corrected chi connectivity index (χ3v) is 4.20. The first-order valence-corrected chi connectivity index (χ1v) is 7.95. The molecule has 1 N–H and O–H groups in total. The Bertz CT molecular complexity index is 413. The number of nitrogens with zero attached hydrogens (tertiary/aromatic N) is 1. The van der Waals surface area contributed by atoms with Crippen LogP contribution in [0.5, 0.6) is 0 Å². The molecule has 0 bridgehead atoms. The maximum Gasteiger partial charge on any atom is 0.0897 e. The summed E-state index contributed by atoms with van der Waals surface area (Å²) in [5.41, 5.74) is 1.14. The number of likely N-dealkylation sites (N-methyl/N-ethyl adjacent to an activating group) is 1. The maximum atomic E-state index is 6.38. The minimum Gasteiger partial charge on any atom is -0.374 e. The predicted octanol–water partition coefficient (Wildman–Crippen LogP) is 3.10. The molecule has 1 saturated heterocycles. The Morgan fingerprint density at radius 2 is 2.20 bits per heavy atom. The van der Waals surface area contributed by atoms with E-state index in [0.717, 1.165) is 49.8 Å². The van der Waals surface area contributed by atoms with Gasteiger partial charge in [-0.05, 0) is 31.1 Å². The molecule has 0 radical (unpaired) electrons. The van der Waals surface area contributed by atoms with Gasteiger partial charge in [0.05, 0.1) is 18.8 Å². The average Bonchev–Trinajstić information content (AvgIpc) is 2.49. The van der Waals surface area contributed by atoms with E-state index in [1.165, 1.54) is 0 Å². The van der Waals surface area contributed by atoms with Gasteiger partial charge in [0.1, 0.15) is 0 Å². The van der Waals surface area contributed by atoms with Gasteiger partial charge in [0.2, 0.25) is 0 Å². The van der Waals surface area contributed by atoms with Gasteiger partial charge in [-0.2, -0.15) is 0 Å². The molecule has 2 atom stereocenters. The summed E-state index contributed by atoms with van der Waals surface area (Å²) in [7, 11) is 0. The number of hydrogen-bond donors (Lipinski definition) is 1. The van der Waals surface area contributed by atoms with Crippen LogP contribution in [0.2, 0.25) is 5.02 Å².